The summed E-state index contributed by atoms with van der Waals surface area (Å²) in [6.07, 6.45) is 0. The first-order chi connectivity index (χ1) is 29.8. The third-order valence-corrected chi connectivity index (χ3v) is 15.4. The van der Waals surface area contributed by atoms with Crippen LogP contribution in [0.2, 0.25) is 0 Å². The third kappa shape index (κ3) is 5.53. The predicted octanol–water partition coefficient (Wildman–Crippen LogP) is 14.5. The molecule has 2 aliphatic heterocycles. The molecule has 11 rings (SSSR count). The zero-order valence-electron chi connectivity index (χ0n) is 41.6. The van der Waals surface area contributed by atoms with Crippen molar-refractivity contribution in [2.45, 2.75) is 145 Å². The van der Waals surface area contributed by atoms with E-state index in [0.29, 0.717) is 0 Å². The van der Waals surface area contributed by atoms with E-state index in [-0.39, 0.29) is 33.8 Å². The first-order valence-electron chi connectivity index (χ1n) is 23.8. The minimum absolute atomic E-state index is 0.00938. The van der Waals surface area contributed by atoms with Crippen molar-refractivity contribution in [1.29, 1.82) is 0 Å². The molecule has 0 unspecified atom stereocenters. The van der Waals surface area contributed by atoms with Crippen LogP contribution >= 0.6 is 0 Å². The summed E-state index contributed by atoms with van der Waals surface area (Å²) in [6.45, 7) is 40.1. The Kier molecular flexibility index (Phi) is 8.15. The van der Waals surface area contributed by atoms with E-state index in [2.05, 4.69) is 223 Å². The van der Waals surface area contributed by atoms with Crippen LogP contribution in [-0.2, 0) is 27.1 Å². The fourth-order valence-electron chi connectivity index (χ4n) is 11.5. The molecular weight excluding hydrogens is 773 g/mol. The van der Waals surface area contributed by atoms with Crippen molar-refractivity contribution in [3.05, 3.63) is 130 Å². The minimum Gasteiger partial charge on any atom is -0.314 e. The standard InChI is InChI=1S/C60H66BN3/c1-33-34(2)62-52-41(33)30-39(60(15,16)17)32-45(52)61-44-31-38(59(12,13)14)22-27-48(44)63(40-23-18-35(19-24-40)56(3,4)5)55-50-43-29-37(58(9,10)11)21-26-47(43)64-46-25-20-36(57(6,7)8)28-42(46)49(53(50)64)54(62)51(55)61/h18-32H,1-17H3. The van der Waals surface area contributed by atoms with Crippen molar-refractivity contribution in [3.8, 4) is 5.69 Å². The van der Waals surface area contributed by atoms with E-state index in [1.165, 1.54) is 127 Å². The van der Waals surface area contributed by atoms with Gasteiger partial charge in [0.25, 0.3) is 6.71 Å². The van der Waals surface area contributed by atoms with Crippen molar-refractivity contribution in [2.24, 2.45) is 0 Å². The zero-order valence-corrected chi connectivity index (χ0v) is 41.6. The second-order valence-corrected chi connectivity index (χ2v) is 24.9. The molecule has 0 atom stereocenters. The number of aryl methyl sites for hydroxylation is 1. The Bertz CT molecular complexity index is 3460. The summed E-state index contributed by atoms with van der Waals surface area (Å²) < 4.78 is 5.36. The van der Waals surface area contributed by atoms with Crippen LogP contribution in [-0.4, -0.2) is 15.7 Å². The summed E-state index contributed by atoms with van der Waals surface area (Å²) in [7, 11) is 0. The second-order valence-electron chi connectivity index (χ2n) is 24.9. The van der Waals surface area contributed by atoms with Gasteiger partial charge in [-0.3, -0.25) is 0 Å². The maximum absolute atomic E-state index is 2.72. The van der Waals surface area contributed by atoms with E-state index in [4.69, 9.17) is 0 Å². The SMILES string of the molecule is Cc1c(C)n2c3c(cc(C(C)(C)C)cc13)B1c3cc(C(C)(C)C)ccc3N(c3ccc(C(C)(C)C)cc3)c3c1c-2c1c2cc(C(C)(C)C)ccc2n2c4ccc(C(C)(C)C)cc4c3c12. The highest BCUT2D eigenvalue weighted by Gasteiger charge is 2.46. The molecule has 6 aromatic carbocycles. The average molecular weight is 840 g/mol. The highest BCUT2D eigenvalue weighted by atomic mass is 15.2. The molecule has 324 valence electrons. The highest BCUT2D eigenvalue weighted by Crippen LogP contribution is 2.53. The van der Waals surface area contributed by atoms with Crippen molar-refractivity contribution in [3.63, 3.8) is 0 Å². The third-order valence-electron chi connectivity index (χ3n) is 15.4. The lowest BCUT2D eigenvalue weighted by molar-refractivity contribution is 0.590. The number of hydrogen-bond acceptors (Lipinski definition) is 1. The Labute approximate surface area is 381 Å². The normalized spacial score (nSPS) is 14.6. The second kappa shape index (κ2) is 12.7. The van der Waals surface area contributed by atoms with E-state index < -0.39 is 0 Å². The van der Waals surface area contributed by atoms with Crippen LogP contribution in [0.15, 0.2) is 91.0 Å². The van der Waals surface area contributed by atoms with E-state index >= 15 is 0 Å². The number of nitrogens with zero attached hydrogens (tertiary/aromatic N) is 3. The molecule has 3 aromatic heterocycles. The van der Waals surface area contributed by atoms with Gasteiger partial charge >= 0.3 is 0 Å². The van der Waals surface area contributed by atoms with Crippen LogP contribution in [0.1, 0.15) is 143 Å². The van der Waals surface area contributed by atoms with Gasteiger partial charge in [0.05, 0.1) is 27.9 Å². The fraction of sp³-hybridized carbons (Fsp3) is 0.367. The summed E-state index contributed by atoms with van der Waals surface area (Å²) in [6, 6.07) is 36.9. The molecule has 64 heavy (non-hydrogen) atoms. The maximum Gasteiger partial charge on any atom is 0.252 e. The largest absolute Gasteiger partial charge is 0.314 e. The molecule has 5 heterocycles. The van der Waals surface area contributed by atoms with Gasteiger partial charge in [0, 0.05) is 49.5 Å². The molecular formula is C60H66BN3. The van der Waals surface area contributed by atoms with Gasteiger partial charge in [0.1, 0.15) is 0 Å². The minimum atomic E-state index is -0.0288. The topological polar surface area (TPSA) is 12.6 Å². The van der Waals surface area contributed by atoms with Crippen molar-refractivity contribution < 1.29 is 0 Å². The van der Waals surface area contributed by atoms with E-state index in [9.17, 15) is 0 Å². The van der Waals surface area contributed by atoms with Crippen LogP contribution in [0.25, 0.3) is 54.7 Å². The number of benzene rings is 6. The maximum atomic E-state index is 2.72. The monoisotopic (exact) mass is 840 g/mol. The molecule has 0 aliphatic carbocycles. The molecule has 0 saturated heterocycles. The first kappa shape index (κ1) is 41.2. The van der Waals surface area contributed by atoms with Gasteiger partial charge in [-0.1, -0.05) is 146 Å². The van der Waals surface area contributed by atoms with Crippen molar-refractivity contribution in [2.75, 3.05) is 4.90 Å². The number of rotatable bonds is 1. The van der Waals surface area contributed by atoms with Crippen LogP contribution in [0.4, 0.5) is 17.1 Å². The Balaban J connectivity index is 1.45. The van der Waals surface area contributed by atoms with Gasteiger partial charge in [-0.2, -0.15) is 0 Å². The molecule has 0 radical (unpaired) electrons. The molecule has 2 aliphatic rings. The van der Waals surface area contributed by atoms with Gasteiger partial charge in [-0.15, -0.1) is 0 Å². The van der Waals surface area contributed by atoms with Gasteiger partial charge in [0.2, 0.25) is 0 Å². The lowest BCUT2D eigenvalue weighted by Gasteiger charge is -2.42. The summed E-state index contributed by atoms with van der Waals surface area (Å²) in [5, 5.41) is 6.78. The predicted molar refractivity (Wildman–Crippen MR) is 280 cm³/mol. The summed E-state index contributed by atoms with van der Waals surface area (Å²) in [5.41, 5.74) is 24.1. The average Bonchev–Trinajstić information content (AvgIpc) is 3.81. The van der Waals surface area contributed by atoms with E-state index in [1.54, 1.807) is 0 Å². The number of hydrogen-bond donors (Lipinski definition) is 0. The lowest BCUT2D eigenvalue weighted by atomic mass is 9.33. The fourth-order valence-corrected chi connectivity index (χ4v) is 11.5. The lowest BCUT2D eigenvalue weighted by Crippen LogP contribution is -2.61. The Morgan fingerprint density at radius 2 is 0.875 bits per heavy atom. The van der Waals surface area contributed by atoms with Gasteiger partial charge in [-0.25, -0.2) is 0 Å². The van der Waals surface area contributed by atoms with Crippen molar-refractivity contribution in [1.82, 2.24) is 8.97 Å². The molecule has 0 bridgehead atoms. The summed E-state index contributed by atoms with van der Waals surface area (Å²) >= 11 is 0. The number of anilines is 3. The van der Waals surface area contributed by atoms with Gasteiger partial charge in [0.15, 0.2) is 0 Å². The van der Waals surface area contributed by atoms with E-state index in [0.717, 1.165) is 0 Å². The van der Waals surface area contributed by atoms with Crippen molar-refractivity contribution >= 4 is 89.2 Å². The van der Waals surface area contributed by atoms with Crippen LogP contribution < -0.4 is 21.3 Å². The smallest absolute Gasteiger partial charge is 0.252 e. The highest BCUT2D eigenvalue weighted by molar-refractivity contribution is 7.01. The van der Waals surface area contributed by atoms with E-state index in [1.807, 2.05) is 0 Å². The van der Waals surface area contributed by atoms with Crippen LogP contribution in [0, 0.1) is 13.8 Å². The summed E-state index contributed by atoms with van der Waals surface area (Å²) in [4.78, 5) is 2.68. The molecule has 3 nitrogen and oxygen atoms in total. The quantitative estimate of drug-likeness (QED) is 0.150. The van der Waals surface area contributed by atoms with Crippen LogP contribution in [0.5, 0.6) is 0 Å². The Hall–Kier alpha value is -5.48. The number of aromatic nitrogens is 2. The summed E-state index contributed by atoms with van der Waals surface area (Å²) in [5.74, 6) is 0. The molecule has 0 saturated carbocycles. The molecule has 9 aromatic rings. The molecule has 0 amide bonds. The molecule has 4 heteroatoms. The zero-order chi connectivity index (χ0) is 45.7. The first-order valence-corrected chi connectivity index (χ1v) is 23.8. The van der Waals surface area contributed by atoms with Gasteiger partial charge in [-0.05, 0) is 139 Å². The number of fused-ring (bicyclic) bond motifs is 12. The van der Waals surface area contributed by atoms with Crippen LogP contribution in [0.3, 0.4) is 0 Å². The Morgan fingerprint density at radius 1 is 0.422 bits per heavy atom. The molecule has 0 spiro atoms. The van der Waals surface area contributed by atoms with Gasteiger partial charge < -0.3 is 13.9 Å². The molecule has 0 N–H and O–H groups in total. The molecule has 0 fully saturated rings. The Morgan fingerprint density at radius 3 is 1.41 bits per heavy atom.